The zero-order chi connectivity index (χ0) is 19.1. The molecule has 0 radical (unpaired) electrons. The Kier molecular flexibility index (Phi) is 7.49. The molecule has 1 unspecified atom stereocenters. The molecule has 1 aliphatic heterocycles. The van der Waals surface area contributed by atoms with E-state index in [-0.39, 0.29) is 0 Å². The number of piperidine rings is 1. The number of hydrogen-bond donors (Lipinski definition) is 0. The Labute approximate surface area is 166 Å². The quantitative estimate of drug-likeness (QED) is 0.601. The number of nitrogens with zero attached hydrogens (tertiary/aromatic N) is 2. The first kappa shape index (κ1) is 20.1. The minimum Gasteiger partial charge on any atom is -0.288 e. The Hall–Kier alpha value is -1.64. The van der Waals surface area contributed by atoms with Crippen molar-refractivity contribution in [1.29, 1.82) is 0 Å². The summed E-state index contributed by atoms with van der Waals surface area (Å²) < 4.78 is 0. The summed E-state index contributed by atoms with van der Waals surface area (Å²) in [5, 5.41) is 0. The minimum absolute atomic E-state index is 0.517. The average Bonchev–Trinajstić information content (AvgIpc) is 2.74. The van der Waals surface area contributed by atoms with Crippen LogP contribution in [0.4, 0.5) is 0 Å². The molecule has 146 valence electrons. The molecule has 1 atom stereocenters. The lowest BCUT2D eigenvalue weighted by molar-refractivity contribution is 0.0196. The van der Waals surface area contributed by atoms with Gasteiger partial charge in [-0.1, -0.05) is 81.4 Å². The van der Waals surface area contributed by atoms with Crippen molar-refractivity contribution < 1.29 is 0 Å². The van der Waals surface area contributed by atoms with Gasteiger partial charge in [-0.25, -0.2) is 0 Å². The van der Waals surface area contributed by atoms with Gasteiger partial charge in [-0.3, -0.25) is 9.80 Å². The number of hydrogen-bond acceptors (Lipinski definition) is 2. The second-order valence-corrected chi connectivity index (χ2v) is 7.78. The van der Waals surface area contributed by atoms with Gasteiger partial charge in [0.25, 0.3) is 0 Å². The summed E-state index contributed by atoms with van der Waals surface area (Å²) in [7, 11) is 0. The molecule has 0 amide bonds. The summed E-state index contributed by atoms with van der Waals surface area (Å²) in [5.74, 6) is 1.24. The van der Waals surface area contributed by atoms with Gasteiger partial charge in [0.2, 0.25) is 0 Å². The second kappa shape index (κ2) is 10.1. The Bertz CT molecular complexity index is 603. The van der Waals surface area contributed by atoms with E-state index in [0.29, 0.717) is 12.1 Å². The van der Waals surface area contributed by atoms with Crippen molar-refractivity contribution in [2.24, 2.45) is 5.92 Å². The van der Waals surface area contributed by atoms with E-state index in [9.17, 15) is 0 Å². The van der Waals surface area contributed by atoms with Crippen LogP contribution < -0.4 is 0 Å². The van der Waals surface area contributed by atoms with Crippen LogP contribution in [0.2, 0.25) is 0 Å². The highest BCUT2D eigenvalue weighted by atomic mass is 15.3. The third-order valence-corrected chi connectivity index (χ3v) is 6.38. The van der Waals surface area contributed by atoms with E-state index in [1.807, 2.05) is 0 Å². The lowest BCUT2D eigenvalue weighted by Crippen LogP contribution is -2.51. The van der Waals surface area contributed by atoms with Crippen LogP contribution in [-0.4, -0.2) is 42.1 Å². The van der Waals surface area contributed by atoms with Gasteiger partial charge in [0, 0.05) is 5.92 Å². The molecule has 3 rings (SSSR count). The number of benzene rings is 2. The third-order valence-electron chi connectivity index (χ3n) is 6.38. The van der Waals surface area contributed by atoms with Crippen LogP contribution in [0.1, 0.15) is 57.1 Å². The predicted molar refractivity (Wildman–Crippen MR) is 116 cm³/mol. The fourth-order valence-corrected chi connectivity index (χ4v) is 5.00. The zero-order valence-electron chi connectivity index (χ0n) is 17.3. The van der Waals surface area contributed by atoms with Crippen molar-refractivity contribution in [2.75, 3.05) is 26.2 Å². The van der Waals surface area contributed by atoms with Crippen LogP contribution in [0.25, 0.3) is 0 Å². The monoisotopic (exact) mass is 364 g/mol. The summed E-state index contributed by atoms with van der Waals surface area (Å²) in [6, 6.07) is 22.3. The first-order valence-corrected chi connectivity index (χ1v) is 10.9. The summed E-state index contributed by atoms with van der Waals surface area (Å²) in [6.07, 6.45) is 4.39. The molecule has 0 saturated carbocycles. The van der Waals surface area contributed by atoms with E-state index in [0.717, 1.165) is 19.0 Å². The van der Waals surface area contributed by atoms with Gasteiger partial charge < -0.3 is 0 Å². The fraction of sp³-hybridized carbons (Fsp3) is 0.520. The van der Waals surface area contributed by atoms with E-state index < -0.39 is 0 Å². The smallest absolute Gasteiger partial charge is 0.0619 e. The molecule has 0 bridgehead atoms. The largest absolute Gasteiger partial charge is 0.288 e. The van der Waals surface area contributed by atoms with Gasteiger partial charge in [-0.15, -0.1) is 0 Å². The molecule has 1 fully saturated rings. The summed E-state index contributed by atoms with van der Waals surface area (Å²) in [5.41, 5.74) is 2.94. The maximum Gasteiger partial charge on any atom is 0.0619 e. The van der Waals surface area contributed by atoms with Gasteiger partial charge >= 0.3 is 0 Å². The van der Waals surface area contributed by atoms with Gasteiger partial charge in [0.1, 0.15) is 0 Å². The minimum atomic E-state index is 0.517. The van der Waals surface area contributed by atoms with E-state index in [1.54, 1.807) is 0 Å². The summed E-state index contributed by atoms with van der Waals surface area (Å²) in [6.45, 7) is 11.6. The Morgan fingerprint density at radius 1 is 0.815 bits per heavy atom. The zero-order valence-corrected chi connectivity index (χ0v) is 17.3. The Balaban J connectivity index is 1.75. The molecule has 0 spiro atoms. The highest BCUT2D eigenvalue weighted by molar-refractivity contribution is 5.33. The van der Waals surface area contributed by atoms with E-state index in [4.69, 9.17) is 0 Å². The summed E-state index contributed by atoms with van der Waals surface area (Å²) in [4.78, 5) is 5.35. The molecule has 27 heavy (non-hydrogen) atoms. The van der Waals surface area contributed by atoms with Crippen molar-refractivity contribution in [2.45, 2.75) is 52.1 Å². The lowest BCUT2D eigenvalue weighted by atomic mass is 9.76. The molecule has 2 aromatic carbocycles. The molecule has 2 heteroatoms. The van der Waals surface area contributed by atoms with E-state index in [2.05, 4.69) is 91.2 Å². The SMILES string of the molecule is CCC(N(CC)CC)N1CCC(C(c2ccccc2)c2ccccc2)CC1. The molecular formula is C25H36N2. The molecule has 1 aliphatic rings. The molecular weight excluding hydrogens is 328 g/mol. The van der Waals surface area contributed by atoms with Gasteiger partial charge in [0.15, 0.2) is 0 Å². The fourth-order valence-electron chi connectivity index (χ4n) is 5.00. The van der Waals surface area contributed by atoms with Crippen LogP contribution in [0.5, 0.6) is 0 Å². The number of rotatable bonds is 8. The van der Waals surface area contributed by atoms with E-state index >= 15 is 0 Å². The van der Waals surface area contributed by atoms with Crippen molar-refractivity contribution in [3.8, 4) is 0 Å². The molecule has 1 heterocycles. The third kappa shape index (κ3) is 4.80. The topological polar surface area (TPSA) is 6.48 Å². The van der Waals surface area contributed by atoms with Gasteiger partial charge in [0.05, 0.1) is 6.17 Å². The van der Waals surface area contributed by atoms with Crippen LogP contribution >= 0.6 is 0 Å². The molecule has 0 N–H and O–H groups in total. The molecule has 2 aromatic rings. The first-order valence-electron chi connectivity index (χ1n) is 10.9. The van der Waals surface area contributed by atoms with Gasteiger partial charge in [-0.05, 0) is 62.5 Å². The average molecular weight is 365 g/mol. The van der Waals surface area contributed by atoms with Gasteiger partial charge in [-0.2, -0.15) is 0 Å². The molecule has 2 nitrogen and oxygen atoms in total. The Morgan fingerprint density at radius 3 is 1.70 bits per heavy atom. The number of likely N-dealkylation sites (tertiary alicyclic amines) is 1. The van der Waals surface area contributed by atoms with Crippen LogP contribution in [0.3, 0.4) is 0 Å². The maximum absolute atomic E-state index is 2.73. The molecule has 0 aromatic heterocycles. The van der Waals surface area contributed by atoms with Crippen molar-refractivity contribution in [3.05, 3.63) is 71.8 Å². The van der Waals surface area contributed by atoms with Crippen LogP contribution in [0, 0.1) is 5.92 Å². The highest BCUT2D eigenvalue weighted by Gasteiger charge is 2.32. The Morgan fingerprint density at radius 2 is 1.30 bits per heavy atom. The van der Waals surface area contributed by atoms with E-state index in [1.165, 1.54) is 43.5 Å². The molecule has 1 saturated heterocycles. The predicted octanol–water partition coefficient (Wildman–Crippen LogP) is 5.61. The van der Waals surface area contributed by atoms with Crippen LogP contribution in [-0.2, 0) is 0 Å². The maximum atomic E-state index is 2.73. The van der Waals surface area contributed by atoms with Crippen molar-refractivity contribution >= 4 is 0 Å². The highest BCUT2D eigenvalue weighted by Crippen LogP contribution is 2.38. The normalized spacial score (nSPS) is 17.5. The summed E-state index contributed by atoms with van der Waals surface area (Å²) >= 11 is 0. The molecule has 0 aliphatic carbocycles. The van der Waals surface area contributed by atoms with Crippen molar-refractivity contribution in [1.82, 2.24) is 9.80 Å². The second-order valence-electron chi connectivity index (χ2n) is 7.78. The van der Waals surface area contributed by atoms with Crippen molar-refractivity contribution in [3.63, 3.8) is 0 Å². The first-order chi connectivity index (χ1) is 13.3. The lowest BCUT2D eigenvalue weighted by Gasteiger charge is -2.43. The standard InChI is InChI=1S/C25H36N2/c1-4-24(26(5-2)6-3)27-19-17-23(18-20-27)25(21-13-9-7-10-14-21)22-15-11-8-12-16-22/h7-16,23-25H,4-6,17-20H2,1-3H3. The van der Waals surface area contributed by atoms with Crippen LogP contribution in [0.15, 0.2) is 60.7 Å².